The highest BCUT2D eigenvalue weighted by atomic mass is 16.5. The van der Waals surface area contributed by atoms with Gasteiger partial charge in [-0.05, 0) is 24.1 Å². The molecule has 1 aromatic heterocycles. The van der Waals surface area contributed by atoms with E-state index < -0.39 is 0 Å². The van der Waals surface area contributed by atoms with E-state index in [-0.39, 0.29) is 11.8 Å². The van der Waals surface area contributed by atoms with E-state index in [1.54, 1.807) is 7.11 Å². The molecule has 27 heavy (non-hydrogen) atoms. The van der Waals surface area contributed by atoms with E-state index >= 15 is 0 Å². The molecule has 1 aliphatic heterocycles. The van der Waals surface area contributed by atoms with Gasteiger partial charge in [0.15, 0.2) is 5.82 Å². The summed E-state index contributed by atoms with van der Waals surface area (Å²) < 4.78 is 7.20. The molecule has 1 amide bonds. The van der Waals surface area contributed by atoms with Gasteiger partial charge in [0.1, 0.15) is 11.6 Å². The number of amides is 1. The highest BCUT2D eigenvalue weighted by Gasteiger charge is 2.25. The minimum atomic E-state index is 0.107. The first-order valence-electron chi connectivity index (χ1n) is 9.13. The maximum atomic E-state index is 11.5. The molecule has 4 rings (SSSR count). The molecule has 1 saturated heterocycles. The number of piperidine rings is 1. The van der Waals surface area contributed by atoms with Crippen molar-refractivity contribution in [2.75, 3.05) is 13.7 Å². The van der Waals surface area contributed by atoms with Gasteiger partial charge in [0.2, 0.25) is 5.91 Å². The molecule has 1 N–H and O–H groups in total. The maximum Gasteiger partial charge on any atom is 0.220 e. The average Bonchev–Trinajstić information content (AvgIpc) is 3.13. The van der Waals surface area contributed by atoms with Crippen molar-refractivity contribution in [3.63, 3.8) is 0 Å². The second-order valence-corrected chi connectivity index (χ2v) is 6.71. The summed E-state index contributed by atoms with van der Waals surface area (Å²) in [4.78, 5) is 16.4. The summed E-state index contributed by atoms with van der Waals surface area (Å²) in [7, 11) is 1.66. The summed E-state index contributed by atoms with van der Waals surface area (Å²) in [6, 6.07) is 18.0. The zero-order valence-corrected chi connectivity index (χ0v) is 15.3. The van der Waals surface area contributed by atoms with Crippen molar-refractivity contribution in [2.45, 2.75) is 25.3 Å². The fraction of sp³-hybridized carbons (Fsp3) is 0.286. The fourth-order valence-electron chi connectivity index (χ4n) is 3.34. The van der Waals surface area contributed by atoms with Gasteiger partial charge in [-0.25, -0.2) is 9.67 Å². The third kappa shape index (κ3) is 3.84. The molecule has 6 nitrogen and oxygen atoms in total. The molecule has 6 heteroatoms. The Hall–Kier alpha value is -3.15. The highest BCUT2D eigenvalue weighted by molar-refractivity contribution is 5.76. The topological polar surface area (TPSA) is 69.0 Å². The largest absolute Gasteiger partial charge is 0.497 e. The van der Waals surface area contributed by atoms with Crippen LogP contribution in [0.5, 0.6) is 5.75 Å². The lowest BCUT2D eigenvalue weighted by Gasteiger charge is -2.22. The number of ether oxygens (including phenoxy) is 1. The van der Waals surface area contributed by atoms with Crippen LogP contribution < -0.4 is 10.1 Å². The number of nitrogens with one attached hydrogen (secondary N) is 1. The minimum absolute atomic E-state index is 0.107. The molecule has 0 aliphatic carbocycles. The van der Waals surface area contributed by atoms with E-state index in [1.165, 1.54) is 0 Å². The molecule has 1 fully saturated rings. The lowest BCUT2D eigenvalue weighted by atomic mass is 9.98. The van der Waals surface area contributed by atoms with Crippen LogP contribution in [0.3, 0.4) is 0 Å². The van der Waals surface area contributed by atoms with E-state index in [1.807, 2.05) is 59.3 Å². The number of aromatic nitrogens is 3. The van der Waals surface area contributed by atoms with Crippen molar-refractivity contribution in [1.29, 1.82) is 0 Å². The molecule has 1 aliphatic rings. The molecular weight excluding hydrogens is 340 g/mol. The maximum absolute atomic E-state index is 11.5. The molecule has 0 spiro atoms. The molecule has 0 radical (unpaired) electrons. The predicted octanol–water partition coefficient (Wildman–Crippen LogP) is 3.00. The molecule has 2 heterocycles. The molecular formula is C21H22N4O2. The van der Waals surface area contributed by atoms with Gasteiger partial charge in [0, 0.05) is 24.4 Å². The summed E-state index contributed by atoms with van der Waals surface area (Å²) in [5, 5.41) is 7.72. The van der Waals surface area contributed by atoms with Crippen LogP contribution in [0.15, 0.2) is 54.6 Å². The van der Waals surface area contributed by atoms with Crippen LogP contribution in [0.25, 0.3) is 11.4 Å². The summed E-state index contributed by atoms with van der Waals surface area (Å²) in [6.07, 6.45) is 1.32. The van der Waals surface area contributed by atoms with Crippen molar-refractivity contribution in [1.82, 2.24) is 20.1 Å². The Morgan fingerprint density at radius 1 is 1.15 bits per heavy atom. The van der Waals surface area contributed by atoms with Crippen molar-refractivity contribution >= 4 is 5.91 Å². The number of rotatable bonds is 5. The molecule has 2 aromatic carbocycles. The number of hydrogen-bond donors (Lipinski definition) is 1. The Labute approximate surface area is 158 Å². The standard InChI is InChI=1S/C21H22N4O2/c1-27-18-10-7-15(8-11-18)14-25-21(17-9-12-19(26)22-13-17)23-20(24-25)16-5-3-2-4-6-16/h2-8,10-11,17H,9,12-14H2,1H3,(H,22,26)/t17-/m1/s1. The molecule has 1 atom stereocenters. The lowest BCUT2D eigenvalue weighted by molar-refractivity contribution is -0.122. The number of hydrogen-bond acceptors (Lipinski definition) is 4. The average molecular weight is 362 g/mol. The van der Waals surface area contributed by atoms with Gasteiger partial charge < -0.3 is 10.1 Å². The van der Waals surface area contributed by atoms with Crippen LogP contribution in [0.4, 0.5) is 0 Å². The Balaban J connectivity index is 1.66. The third-order valence-corrected chi connectivity index (χ3v) is 4.85. The monoisotopic (exact) mass is 362 g/mol. The quantitative estimate of drug-likeness (QED) is 0.758. The van der Waals surface area contributed by atoms with Gasteiger partial charge in [0.25, 0.3) is 0 Å². The second-order valence-electron chi connectivity index (χ2n) is 6.71. The van der Waals surface area contributed by atoms with Gasteiger partial charge in [0.05, 0.1) is 13.7 Å². The van der Waals surface area contributed by atoms with Crippen LogP contribution >= 0.6 is 0 Å². The zero-order chi connectivity index (χ0) is 18.6. The zero-order valence-electron chi connectivity index (χ0n) is 15.3. The highest BCUT2D eigenvalue weighted by Crippen LogP contribution is 2.26. The third-order valence-electron chi connectivity index (χ3n) is 4.85. The van der Waals surface area contributed by atoms with Gasteiger partial charge in [-0.15, -0.1) is 0 Å². The van der Waals surface area contributed by atoms with Crippen LogP contribution in [0.2, 0.25) is 0 Å². The van der Waals surface area contributed by atoms with Crippen LogP contribution in [-0.4, -0.2) is 34.3 Å². The molecule has 0 unspecified atom stereocenters. The fourth-order valence-corrected chi connectivity index (χ4v) is 3.34. The number of benzene rings is 2. The lowest BCUT2D eigenvalue weighted by Crippen LogP contribution is -2.35. The SMILES string of the molecule is COc1ccc(Cn2nc(-c3ccccc3)nc2[C@@H]2CCC(=O)NC2)cc1. The molecule has 138 valence electrons. The first kappa shape index (κ1) is 17.3. The summed E-state index contributed by atoms with van der Waals surface area (Å²) in [5.41, 5.74) is 2.12. The van der Waals surface area contributed by atoms with Crippen LogP contribution in [0.1, 0.15) is 30.1 Å². The number of carbonyl (C=O) groups is 1. The number of carbonyl (C=O) groups excluding carboxylic acids is 1. The Morgan fingerprint density at radius 2 is 1.93 bits per heavy atom. The smallest absolute Gasteiger partial charge is 0.220 e. The normalized spacial score (nSPS) is 16.8. The number of methoxy groups -OCH3 is 1. The second kappa shape index (κ2) is 7.61. The van der Waals surface area contributed by atoms with Crippen molar-refractivity contribution in [2.24, 2.45) is 0 Å². The van der Waals surface area contributed by atoms with E-state index in [2.05, 4.69) is 5.32 Å². The summed E-state index contributed by atoms with van der Waals surface area (Å²) in [6.45, 7) is 1.23. The minimum Gasteiger partial charge on any atom is -0.497 e. The number of nitrogens with zero attached hydrogens (tertiary/aromatic N) is 3. The molecule has 0 bridgehead atoms. The Bertz CT molecular complexity index is 909. The van der Waals surface area contributed by atoms with Crippen molar-refractivity contribution in [3.8, 4) is 17.1 Å². The van der Waals surface area contributed by atoms with Gasteiger partial charge >= 0.3 is 0 Å². The van der Waals surface area contributed by atoms with Crippen molar-refractivity contribution < 1.29 is 9.53 Å². The molecule has 0 saturated carbocycles. The Kier molecular flexibility index (Phi) is 4.87. The Morgan fingerprint density at radius 3 is 2.59 bits per heavy atom. The van der Waals surface area contributed by atoms with E-state index in [0.717, 1.165) is 34.9 Å². The van der Waals surface area contributed by atoms with E-state index in [9.17, 15) is 4.79 Å². The van der Waals surface area contributed by atoms with Crippen molar-refractivity contribution in [3.05, 3.63) is 66.0 Å². The van der Waals surface area contributed by atoms with Gasteiger partial charge in [-0.2, -0.15) is 5.10 Å². The van der Waals surface area contributed by atoms with Gasteiger partial charge in [-0.1, -0.05) is 42.5 Å². The first-order chi connectivity index (χ1) is 13.2. The van der Waals surface area contributed by atoms with Crippen LogP contribution in [-0.2, 0) is 11.3 Å². The van der Waals surface area contributed by atoms with Gasteiger partial charge in [-0.3, -0.25) is 4.79 Å². The van der Waals surface area contributed by atoms with E-state index in [4.69, 9.17) is 14.8 Å². The predicted molar refractivity (Wildman–Crippen MR) is 103 cm³/mol. The summed E-state index contributed by atoms with van der Waals surface area (Å²) in [5.74, 6) is 2.75. The van der Waals surface area contributed by atoms with Crippen LogP contribution in [0, 0.1) is 0 Å². The summed E-state index contributed by atoms with van der Waals surface area (Å²) >= 11 is 0. The van der Waals surface area contributed by atoms with E-state index in [0.29, 0.717) is 19.5 Å². The molecule has 3 aromatic rings. The first-order valence-corrected chi connectivity index (χ1v) is 9.13.